The van der Waals surface area contributed by atoms with E-state index in [1.165, 1.54) is 19.3 Å². The third-order valence-corrected chi connectivity index (χ3v) is 4.81. The lowest BCUT2D eigenvalue weighted by Gasteiger charge is -2.56. The van der Waals surface area contributed by atoms with Crippen molar-refractivity contribution in [3.05, 3.63) is 0 Å². The van der Waals surface area contributed by atoms with Crippen LogP contribution in [0.15, 0.2) is 0 Å². The Morgan fingerprint density at radius 2 is 1.93 bits per heavy atom. The maximum absolute atomic E-state index is 11.3. The Morgan fingerprint density at radius 3 is 2.64 bits per heavy atom. The fourth-order valence-electron chi connectivity index (χ4n) is 4.70. The molecule has 1 aliphatic heterocycles. The maximum Gasteiger partial charge on any atom is 0.408 e. The van der Waals surface area contributed by atoms with Crippen LogP contribution < -0.4 is 5.32 Å². The lowest BCUT2D eigenvalue weighted by Crippen LogP contribution is -2.61. The van der Waals surface area contributed by atoms with Crippen molar-refractivity contribution in [2.75, 3.05) is 0 Å². The highest BCUT2D eigenvalue weighted by molar-refractivity contribution is 5.71. The van der Waals surface area contributed by atoms with Gasteiger partial charge in [0.15, 0.2) is 0 Å². The van der Waals surface area contributed by atoms with Crippen LogP contribution in [0.2, 0.25) is 0 Å². The lowest BCUT2D eigenvalue weighted by atomic mass is 9.52. The summed E-state index contributed by atoms with van der Waals surface area (Å²) in [6.45, 7) is 0. The molecule has 3 heteroatoms. The monoisotopic (exact) mass is 193 g/mol. The van der Waals surface area contributed by atoms with E-state index in [1.807, 2.05) is 0 Å². The van der Waals surface area contributed by atoms with Gasteiger partial charge in [-0.1, -0.05) is 0 Å². The molecule has 1 spiro atoms. The zero-order valence-corrected chi connectivity index (χ0v) is 8.16. The van der Waals surface area contributed by atoms with E-state index in [2.05, 4.69) is 5.32 Å². The van der Waals surface area contributed by atoms with Crippen LogP contribution in [0.1, 0.15) is 32.1 Å². The summed E-state index contributed by atoms with van der Waals surface area (Å²) in [6.07, 6.45) is 6.14. The van der Waals surface area contributed by atoms with Crippen molar-refractivity contribution >= 4 is 6.09 Å². The topological polar surface area (TPSA) is 38.3 Å². The molecule has 4 bridgehead atoms. The van der Waals surface area contributed by atoms with Crippen LogP contribution in [0, 0.1) is 17.8 Å². The molecule has 0 aromatic carbocycles. The molecule has 3 nitrogen and oxygen atoms in total. The molecule has 4 aliphatic carbocycles. The molecule has 1 amide bonds. The van der Waals surface area contributed by atoms with Gasteiger partial charge in [0.1, 0.15) is 5.60 Å². The van der Waals surface area contributed by atoms with Gasteiger partial charge in [0.25, 0.3) is 0 Å². The smallest absolute Gasteiger partial charge is 0.408 e. The highest BCUT2D eigenvalue weighted by Crippen LogP contribution is 2.58. The second kappa shape index (κ2) is 2.10. The van der Waals surface area contributed by atoms with Crippen LogP contribution in [0.3, 0.4) is 0 Å². The van der Waals surface area contributed by atoms with E-state index in [-0.39, 0.29) is 11.7 Å². The van der Waals surface area contributed by atoms with E-state index < -0.39 is 0 Å². The lowest BCUT2D eigenvalue weighted by molar-refractivity contribution is -0.115. The second-order valence-corrected chi connectivity index (χ2v) is 5.68. The van der Waals surface area contributed by atoms with E-state index in [4.69, 9.17) is 4.74 Å². The van der Waals surface area contributed by atoms with Crippen molar-refractivity contribution in [2.24, 2.45) is 17.8 Å². The van der Waals surface area contributed by atoms with Crippen molar-refractivity contribution in [3.63, 3.8) is 0 Å². The molecule has 1 heterocycles. The molecule has 0 aromatic heterocycles. The molecular formula is C11H15NO2. The summed E-state index contributed by atoms with van der Waals surface area (Å²) in [7, 11) is 0. The SMILES string of the molecule is O=C1N[C@@H]2C3C[C@@H]4C[C@H](C3)CC2(C4)O1. The summed E-state index contributed by atoms with van der Waals surface area (Å²) in [5.74, 6) is 2.40. The van der Waals surface area contributed by atoms with Gasteiger partial charge in [-0.05, 0) is 49.9 Å². The number of hydrogen-bond acceptors (Lipinski definition) is 2. The number of carbonyl (C=O) groups is 1. The van der Waals surface area contributed by atoms with Crippen LogP contribution >= 0.6 is 0 Å². The molecule has 5 atom stereocenters. The molecule has 5 rings (SSSR count). The average molecular weight is 193 g/mol. The number of carbonyl (C=O) groups excluding carboxylic acids is 1. The van der Waals surface area contributed by atoms with Crippen LogP contribution in [0.4, 0.5) is 4.79 Å². The Hall–Kier alpha value is -0.730. The fraction of sp³-hybridized carbons (Fsp3) is 0.909. The third kappa shape index (κ3) is 0.733. The largest absolute Gasteiger partial charge is 0.441 e. The molecule has 1 N–H and O–H groups in total. The van der Waals surface area contributed by atoms with Gasteiger partial charge in [0, 0.05) is 0 Å². The normalized spacial score (nSPS) is 58.1. The zero-order chi connectivity index (χ0) is 9.34. The zero-order valence-electron chi connectivity index (χ0n) is 8.16. The van der Waals surface area contributed by atoms with Crippen LogP contribution in [-0.2, 0) is 4.74 Å². The van der Waals surface area contributed by atoms with Crippen molar-refractivity contribution in [2.45, 2.75) is 43.7 Å². The summed E-state index contributed by atoms with van der Waals surface area (Å²) >= 11 is 0. The van der Waals surface area contributed by atoms with Gasteiger partial charge in [-0.25, -0.2) is 4.79 Å². The first-order valence-corrected chi connectivity index (χ1v) is 5.75. The van der Waals surface area contributed by atoms with Gasteiger partial charge in [-0.2, -0.15) is 0 Å². The van der Waals surface area contributed by atoms with Crippen LogP contribution in [-0.4, -0.2) is 17.7 Å². The van der Waals surface area contributed by atoms with Gasteiger partial charge >= 0.3 is 6.09 Å². The first kappa shape index (κ1) is 7.55. The average Bonchev–Trinajstić information content (AvgIpc) is 2.40. The number of alkyl carbamates (subject to hydrolysis) is 1. The van der Waals surface area contributed by atoms with Crippen molar-refractivity contribution in [3.8, 4) is 0 Å². The number of nitrogens with one attached hydrogen (secondary N) is 1. The maximum atomic E-state index is 11.3. The minimum Gasteiger partial charge on any atom is -0.441 e. The number of hydrogen-bond donors (Lipinski definition) is 1. The van der Waals surface area contributed by atoms with Crippen molar-refractivity contribution in [1.29, 1.82) is 0 Å². The molecule has 76 valence electrons. The third-order valence-electron chi connectivity index (χ3n) is 4.81. The van der Waals surface area contributed by atoms with Crippen LogP contribution in [0.25, 0.3) is 0 Å². The Labute approximate surface area is 83.2 Å². The van der Waals surface area contributed by atoms with Gasteiger partial charge in [0.2, 0.25) is 0 Å². The molecule has 1 saturated heterocycles. The Morgan fingerprint density at radius 1 is 1.21 bits per heavy atom. The summed E-state index contributed by atoms with van der Waals surface area (Å²) in [6, 6.07) is 0.350. The first-order valence-electron chi connectivity index (χ1n) is 5.75. The number of rotatable bonds is 0. The van der Waals surface area contributed by atoms with E-state index in [1.54, 1.807) is 0 Å². The summed E-state index contributed by atoms with van der Waals surface area (Å²) in [5, 5.41) is 3.03. The minimum absolute atomic E-state index is 0.0775. The van der Waals surface area contributed by atoms with Gasteiger partial charge in [0.05, 0.1) is 6.04 Å². The molecule has 2 unspecified atom stereocenters. The standard InChI is InChI=1S/C11H15NO2/c13-10-12-9-8-2-6-1-7(3-8)5-11(9,4-6)14-10/h6-9H,1-5H2,(H,12,13)/t6-,7+,8?,9-,11?/m1/s1. The molecule has 5 aliphatic rings. The van der Waals surface area contributed by atoms with Crippen LogP contribution in [0.5, 0.6) is 0 Å². The van der Waals surface area contributed by atoms with Crippen molar-refractivity contribution < 1.29 is 9.53 Å². The molecule has 14 heavy (non-hydrogen) atoms. The minimum atomic E-state index is -0.164. The van der Waals surface area contributed by atoms with E-state index in [0.29, 0.717) is 12.0 Å². The second-order valence-electron chi connectivity index (χ2n) is 5.68. The predicted octanol–water partition coefficient (Wildman–Crippen LogP) is 1.67. The van der Waals surface area contributed by atoms with E-state index in [0.717, 1.165) is 24.7 Å². The highest BCUT2D eigenvalue weighted by atomic mass is 16.6. The van der Waals surface area contributed by atoms with Gasteiger partial charge in [-0.3, -0.25) is 0 Å². The molecule has 5 fully saturated rings. The van der Waals surface area contributed by atoms with Gasteiger partial charge in [-0.15, -0.1) is 0 Å². The van der Waals surface area contributed by atoms with E-state index >= 15 is 0 Å². The van der Waals surface area contributed by atoms with E-state index in [9.17, 15) is 4.79 Å². The molecule has 0 aromatic rings. The number of amides is 1. The summed E-state index contributed by atoms with van der Waals surface area (Å²) in [4.78, 5) is 11.3. The first-order chi connectivity index (χ1) is 6.75. The Bertz CT molecular complexity index is 300. The molecular weight excluding hydrogens is 178 g/mol. The highest BCUT2D eigenvalue weighted by Gasteiger charge is 2.62. The fourth-order valence-corrected chi connectivity index (χ4v) is 4.70. The molecule has 4 saturated carbocycles. The molecule has 0 radical (unpaired) electrons. The number of ether oxygens (including phenoxy) is 1. The quantitative estimate of drug-likeness (QED) is 0.635. The predicted molar refractivity (Wildman–Crippen MR) is 49.7 cm³/mol. The Kier molecular flexibility index (Phi) is 1.13. The summed E-state index contributed by atoms with van der Waals surface area (Å²) < 4.78 is 5.57. The Balaban J connectivity index is 1.80. The summed E-state index contributed by atoms with van der Waals surface area (Å²) in [5.41, 5.74) is -0.0775. The van der Waals surface area contributed by atoms with Gasteiger partial charge < -0.3 is 10.1 Å². The van der Waals surface area contributed by atoms with Crippen molar-refractivity contribution in [1.82, 2.24) is 5.32 Å².